The Hall–Kier alpha value is -6.18. The molecule has 0 saturated heterocycles. The fourth-order valence-corrected chi connectivity index (χ4v) is 7.61. The van der Waals surface area contributed by atoms with Gasteiger partial charge < -0.3 is 4.42 Å². The molecule has 1 heteroatoms. The number of hydrogen-bond donors (Lipinski definition) is 0. The maximum absolute atomic E-state index is 6.90. The van der Waals surface area contributed by atoms with E-state index in [1.54, 1.807) is 0 Å². The van der Waals surface area contributed by atoms with Gasteiger partial charge in [0.1, 0.15) is 11.2 Å². The SMILES string of the molecule is c1ccc(-c2ccc(-c3cccc4c3oc3cc(-c5ccccc5)cc(-c5ccc6ccc7cccc8ccc5c6c78)c34)cc2)cc1. The Bertz CT molecular complexity index is 2740. The number of rotatable bonds is 4. The summed E-state index contributed by atoms with van der Waals surface area (Å²) in [5.41, 5.74) is 11.2. The van der Waals surface area contributed by atoms with Gasteiger partial charge in [0, 0.05) is 16.3 Å². The molecule has 0 bridgehead atoms. The second-order valence-electron chi connectivity index (χ2n) is 12.5. The van der Waals surface area contributed by atoms with Crippen LogP contribution in [-0.4, -0.2) is 0 Å². The van der Waals surface area contributed by atoms with Crippen molar-refractivity contribution in [3.63, 3.8) is 0 Å². The molecule has 0 fully saturated rings. The van der Waals surface area contributed by atoms with Gasteiger partial charge in [-0.05, 0) is 83.4 Å². The third-order valence-corrected chi connectivity index (χ3v) is 9.83. The van der Waals surface area contributed by atoms with Crippen LogP contribution in [0.5, 0.6) is 0 Å². The van der Waals surface area contributed by atoms with Crippen LogP contribution in [0.3, 0.4) is 0 Å². The van der Waals surface area contributed by atoms with Crippen LogP contribution in [-0.2, 0) is 0 Å². The Morgan fingerprint density at radius 3 is 1.64 bits per heavy atom. The van der Waals surface area contributed by atoms with E-state index in [0.29, 0.717) is 0 Å². The molecule has 0 radical (unpaired) electrons. The van der Waals surface area contributed by atoms with Gasteiger partial charge in [-0.15, -0.1) is 0 Å². The van der Waals surface area contributed by atoms with Crippen LogP contribution in [0.25, 0.3) is 98.8 Å². The lowest BCUT2D eigenvalue weighted by Crippen LogP contribution is -1.89. The lowest BCUT2D eigenvalue weighted by molar-refractivity contribution is 0.670. The Balaban J connectivity index is 1.25. The van der Waals surface area contributed by atoms with E-state index < -0.39 is 0 Å². The van der Waals surface area contributed by atoms with Crippen LogP contribution in [0.2, 0.25) is 0 Å². The van der Waals surface area contributed by atoms with Crippen molar-refractivity contribution in [3.05, 3.63) is 170 Å². The zero-order chi connectivity index (χ0) is 30.9. The fraction of sp³-hybridized carbons (Fsp3) is 0. The van der Waals surface area contributed by atoms with E-state index in [9.17, 15) is 0 Å². The number of para-hydroxylation sites is 1. The molecule has 10 aromatic rings. The Morgan fingerprint density at radius 2 is 0.894 bits per heavy atom. The molecule has 47 heavy (non-hydrogen) atoms. The third kappa shape index (κ3) is 4.03. The van der Waals surface area contributed by atoms with E-state index in [-0.39, 0.29) is 0 Å². The van der Waals surface area contributed by atoms with Crippen LogP contribution < -0.4 is 0 Å². The molecule has 1 aromatic heterocycles. The molecule has 0 aliphatic rings. The average molecular weight is 597 g/mol. The molecule has 0 amide bonds. The molecule has 218 valence electrons. The summed E-state index contributed by atoms with van der Waals surface area (Å²) in [5.74, 6) is 0. The Kier molecular flexibility index (Phi) is 5.64. The molecule has 0 aliphatic carbocycles. The number of fused-ring (bicyclic) bond motifs is 3. The summed E-state index contributed by atoms with van der Waals surface area (Å²) >= 11 is 0. The predicted octanol–water partition coefficient (Wildman–Crippen LogP) is 13.2. The molecule has 0 unspecified atom stereocenters. The summed E-state index contributed by atoms with van der Waals surface area (Å²) in [7, 11) is 0. The minimum atomic E-state index is 0.899. The summed E-state index contributed by atoms with van der Waals surface area (Å²) < 4.78 is 6.90. The van der Waals surface area contributed by atoms with E-state index in [1.165, 1.54) is 60.1 Å². The second kappa shape index (κ2) is 10.2. The summed E-state index contributed by atoms with van der Waals surface area (Å²) in [6, 6.07) is 61.4. The van der Waals surface area contributed by atoms with Gasteiger partial charge in [0.15, 0.2) is 0 Å². The lowest BCUT2D eigenvalue weighted by atomic mass is 9.87. The average Bonchev–Trinajstić information content (AvgIpc) is 3.53. The Morgan fingerprint density at radius 1 is 0.298 bits per heavy atom. The largest absolute Gasteiger partial charge is 0.455 e. The topological polar surface area (TPSA) is 13.1 Å². The molecular weight excluding hydrogens is 569 g/mol. The molecule has 0 N–H and O–H groups in total. The first-order chi connectivity index (χ1) is 23.3. The summed E-state index contributed by atoms with van der Waals surface area (Å²) in [4.78, 5) is 0. The fourth-order valence-electron chi connectivity index (χ4n) is 7.61. The van der Waals surface area contributed by atoms with Crippen LogP contribution >= 0.6 is 0 Å². The van der Waals surface area contributed by atoms with Gasteiger partial charge in [0.2, 0.25) is 0 Å². The molecule has 0 spiro atoms. The van der Waals surface area contributed by atoms with Crippen molar-refractivity contribution >= 4 is 54.3 Å². The number of hydrogen-bond acceptors (Lipinski definition) is 1. The van der Waals surface area contributed by atoms with Gasteiger partial charge in [0.05, 0.1) is 0 Å². The van der Waals surface area contributed by atoms with Crippen molar-refractivity contribution in [2.24, 2.45) is 0 Å². The van der Waals surface area contributed by atoms with Crippen LogP contribution in [0.1, 0.15) is 0 Å². The van der Waals surface area contributed by atoms with E-state index in [2.05, 4.69) is 170 Å². The zero-order valence-electron chi connectivity index (χ0n) is 25.6. The predicted molar refractivity (Wildman–Crippen MR) is 199 cm³/mol. The molecule has 1 nitrogen and oxygen atoms in total. The highest BCUT2D eigenvalue weighted by atomic mass is 16.3. The van der Waals surface area contributed by atoms with Crippen LogP contribution in [0, 0.1) is 0 Å². The van der Waals surface area contributed by atoms with Gasteiger partial charge in [-0.25, -0.2) is 0 Å². The number of furan rings is 1. The molecule has 9 aromatic carbocycles. The highest BCUT2D eigenvalue weighted by Gasteiger charge is 2.20. The van der Waals surface area contributed by atoms with Crippen LogP contribution in [0.4, 0.5) is 0 Å². The second-order valence-corrected chi connectivity index (χ2v) is 12.5. The molecule has 0 aliphatic heterocycles. The summed E-state index contributed by atoms with van der Waals surface area (Å²) in [5, 5.41) is 10.0. The minimum absolute atomic E-state index is 0.899. The van der Waals surface area contributed by atoms with Crippen molar-refractivity contribution in [3.8, 4) is 44.5 Å². The maximum atomic E-state index is 6.90. The normalized spacial score (nSPS) is 11.8. The van der Waals surface area contributed by atoms with Crippen LogP contribution in [0.15, 0.2) is 174 Å². The highest BCUT2D eigenvalue weighted by molar-refractivity contribution is 6.27. The summed E-state index contributed by atoms with van der Waals surface area (Å²) in [6.07, 6.45) is 0. The van der Waals surface area contributed by atoms with E-state index in [0.717, 1.165) is 38.6 Å². The van der Waals surface area contributed by atoms with Gasteiger partial charge in [-0.1, -0.05) is 158 Å². The standard InChI is InChI=1S/C46H28O/c1-3-9-29(10-4-1)31-17-19-32(20-18-31)37-15-8-16-40-45-41(27-36(28-42(45)47-46(37)40)30-11-5-2-6-12-30)38-25-23-35-22-21-33-13-7-14-34-24-26-39(38)44(35)43(33)34/h1-28H. The van der Waals surface area contributed by atoms with Gasteiger partial charge in [0.25, 0.3) is 0 Å². The smallest absolute Gasteiger partial charge is 0.143 e. The van der Waals surface area contributed by atoms with E-state index in [1.807, 2.05) is 0 Å². The Labute approximate surface area is 272 Å². The van der Waals surface area contributed by atoms with E-state index in [4.69, 9.17) is 4.42 Å². The van der Waals surface area contributed by atoms with Gasteiger partial charge in [-0.2, -0.15) is 0 Å². The molecule has 10 rings (SSSR count). The molecule has 1 heterocycles. The first kappa shape index (κ1) is 26.1. The van der Waals surface area contributed by atoms with Crippen molar-refractivity contribution in [2.75, 3.05) is 0 Å². The third-order valence-electron chi connectivity index (χ3n) is 9.83. The first-order valence-electron chi connectivity index (χ1n) is 16.2. The minimum Gasteiger partial charge on any atom is -0.455 e. The quantitative estimate of drug-likeness (QED) is 0.184. The van der Waals surface area contributed by atoms with Gasteiger partial charge in [-0.3, -0.25) is 0 Å². The first-order valence-corrected chi connectivity index (χ1v) is 16.2. The van der Waals surface area contributed by atoms with Gasteiger partial charge >= 0.3 is 0 Å². The monoisotopic (exact) mass is 596 g/mol. The lowest BCUT2D eigenvalue weighted by Gasteiger charge is -2.15. The maximum Gasteiger partial charge on any atom is 0.143 e. The molecule has 0 saturated carbocycles. The van der Waals surface area contributed by atoms with Crippen molar-refractivity contribution in [1.29, 1.82) is 0 Å². The number of benzene rings is 9. The molecule has 0 atom stereocenters. The highest BCUT2D eigenvalue weighted by Crippen LogP contribution is 2.46. The van der Waals surface area contributed by atoms with E-state index >= 15 is 0 Å². The van der Waals surface area contributed by atoms with Crippen molar-refractivity contribution in [2.45, 2.75) is 0 Å². The van der Waals surface area contributed by atoms with Crippen molar-refractivity contribution < 1.29 is 4.42 Å². The summed E-state index contributed by atoms with van der Waals surface area (Å²) in [6.45, 7) is 0. The van der Waals surface area contributed by atoms with Crippen molar-refractivity contribution in [1.82, 2.24) is 0 Å². The molecular formula is C46H28O. The zero-order valence-corrected chi connectivity index (χ0v) is 25.6.